The second-order valence-corrected chi connectivity index (χ2v) is 7.63. The van der Waals surface area contributed by atoms with Gasteiger partial charge in [0.05, 0.1) is 12.5 Å². The highest BCUT2D eigenvalue weighted by Crippen LogP contribution is 2.03. The van der Waals surface area contributed by atoms with Crippen LogP contribution in [0.3, 0.4) is 0 Å². The van der Waals surface area contributed by atoms with Gasteiger partial charge in [0.1, 0.15) is 18.1 Å². The van der Waals surface area contributed by atoms with Crippen LogP contribution >= 0.6 is 0 Å². The zero-order valence-electron chi connectivity index (χ0n) is 19.2. The zero-order chi connectivity index (χ0) is 26.3. The predicted octanol–water partition coefficient (Wildman–Crippen LogP) is -3.47. The Bertz CT molecular complexity index is 742. The maximum Gasteiger partial charge on any atom is 0.326 e. The Balaban J connectivity index is 4.97. The lowest BCUT2D eigenvalue weighted by molar-refractivity contribution is -0.143. The monoisotopic (exact) mass is 488 g/mol. The summed E-state index contributed by atoms with van der Waals surface area (Å²) < 4.78 is 0. The lowest BCUT2D eigenvalue weighted by atomic mass is 10.1. The Hall–Kier alpha value is -3.46. The Morgan fingerprint density at radius 1 is 0.853 bits per heavy atom. The van der Waals surface area contributed by atoms with Gasteiger partial charge in [0.15, 0.2) is 5.96 Å². The number of nitrogens with one attached hydrogen (secondary N) is 3. The molecule has 0 saturated heterocycles. The molecule has 15 heteroatoms. The molecule has 0 rings (SSSR count). The summed E-state index contributed by atoms with van der Waals surface area (Å²) >= 11 is 0. The minimum atomic E-state index is -1.56. The van der Waals surface area contributed by atoms with Gasteiger partial charge >= 0.3 is 11.9 Å². The van der Waals surface area contributed by atoms with Crippen LogP contribution in [0.15, 0.2) is 4.99 Å². The number of nitrogens with two attached hydrogens (primary N) is 4. The molecule has 0 aliphatic carbocycles. The lowest BCUT2D eigenvalue weighted by Crippen LogP contribution is -2.56. The molecular formula is C19H36N8O7. The molecular weight excluding hydrogens is 452 g/mol. The quantitative estimate of drug-likeness (QED) is 0.0550. The molecule has 0 aliphatic heterocycles. The van der Waals surface area contributed by atoms with Crippen LogP contribution in [0.25, 0.3) is 0 Å². The van der Waals surface area contributed by atoms with Crippen LogP contribution in [0.4, 0.5) is 0 Å². The van der Waals surface area contributed by atoms with Gasteiger partial charge in [-0.15, -0.1) is 0 Å². The van der Waals surface area contributed by atoms with Gasteiger partial charge in [0.2, 0.25) is 17.7 Å². The largest absolute Gasteiger partial charge is 0.481 e. The van der Waals surface area contributed by atoms with Crippen LogP contribution in [0.1, 0.15) is 45.4 Å². The average molecular weight is 489 g/mol. The van der Waals surface area contributed by atoms with Crippen LogP contribution in [0.5, 0.6) is 0 Å². The minimum Gasteiger partial charge on any atom is -0.481 e. The number of nitrogens with zero attached hydrogens (tertiary/aromatic N) is 1. The Kier molecular flexibility index (Phi) is 14.6. The van der Waals surface area contributed by atoms with E-state index in [1.165, 1.54) is 6.92 Å². The SMILES string of the molecule is CC(NC(=O)C(N)CCCN=C(N)N)C(=O)NC(CC(=O)O)C(=O)NC(CCCCN)C(=O)O. The number of aliphatic imine (C=N–C) groups is 1. The van der Waals surface area contributed by atoms with E-state index in [1.54, 1.807) is 0 Å². The molecule has 0 radical (unpaired) electrons. The van der Waals surface area contributed by atoms with Gasteiger partial charge in [-0.1, -0.05) is 0 Å². The number of amides is 3. The van der Waals surface area contributed by atoms with E-state index < -0.39 is 60.2 Å². The number of hydrogen-bond acceptors (Lipinski definition) is 8. The number of hydrogen-bond donors (Lipinski definition) is 9. The van der Waals surface area contributed by atoms with Crippen LogP contribution in [0.2, 0.25) is 0 Å². The van der Waals surface area contributed by atoms with E-state index in [2.05, 4.69) is 20.9 Å². The molecule has 0 aromatic carbocycles. The van der Waals surface area contributed by atoms with Crippen molar-refractivity contribution in [1.29, 1.82) is 0 Å². The average Bonchev–Trinajstić information content (AvgIpc) is 2.74. The minimum absolute atomic E-state index is 0.0829. The normalized spacial score (nSPS) is 14.1. The number of carboxylic acids is 2. The van der Waals surface area contributed by atoms with Gasteiger partial charge in [-0.25, -0.2) is 4.79 Å². The summed E-state index contributed by atoms with van der Waals surface area (Å²) in [5.41, 5.74) is 21.5. The fourth-order valence-corrected chi connectivity index (χ4v) is 2.74. The van der Waals surface area contributed by atoms with E-state index in [-0.39, 0.29) is 25.3 Å². The first-order valence-corrected chi connectivity index (χ1v) is 10.8. The standard InChI is InChI=1S/C19H36N8O7/c1-10(25-16(31)11(21)5-4-8-24-19(22)23)15(30)27-13(9-14(28)29)17(32)26-12(18(33)34)6-2-3-7-20/h10-13H,2-9,20-21H2,1H3,(H,25,31)(H,26,32)(H,27,30)(H,28,29)(H,33,34)(H4,22,23,24). The van der Waals surface area contributed by atoms with E-state index in [1.807, 2.05) is 0 Å². The van der Waals surface area contributed by atoms with Crippen molar-refractivity contribution in [3.8, 4) is 0 Å². The molecule has 0 aromatic heterocycles. The molecule has 0 bridgehead atoms. The summed E-state index contributed by atoms with van der Waals surface area (Å²) in [6, 6.07) is -4.94. The summed E-state index contributed by atoms with van der Waals surface area (Å²) in [6.07, 6.45) is 0.921. The fourth-order valence-electron chi connectivity index (χ4n) is 2.74. The summed E-state index contributed by atoms with van der Waals surface area (Å²) in [6.45, 7) is 1.94. The van der Waals surface area contributed by atoms with E-state index in [0.29, 0.717) is 25.8 Å². The highest BCUT2D eigenvalue weighted by molar-refractivity contribution is 5.95. The highest BCUT2D eigenvalue weighted by Gasteiger charge is 2.30. The third-order valence-electron chi connectivity index (χ3n) is 4.63. The van der Waals surface area contributed by atoms with E-state index >= 15 is 0 Å². The second kappa shape index (κ2) is 16.2. The smallest absolute Gasteiger partial charge is 0.326 e. The molecule has 4 unspecified atom stereocenters. The molecule has 0 fully saturated rings. The zero-order valence-corrected chi connectivity index (χ0v) is 19.2. The fraction of sp³-hybridized carbons (Fsp3) is 0.684. The van der Waals surface area contributed by atoms with Crippen molar-refractivity contribution in [2.75, 3.05) is 13.1 Å². The van der Waals surface area contributed by atoms with Crippen molar-refractivity contribution < 1.29 is 34.2 Å². The van der Waals surface area contributed by atoms with Crippen LogP contribution < -0.4 is 38.9 Å². The van der Waals surface area contributed by atoms with Crippen molar-refractivity contribution in [3.63, 3.8) is 0 Å². The van der Waals surface area contributed by atoms with Crippen molar-refractivity contribution in [3.05, 3.63) is 0 Å². The first-order chi connectivity index (χ1) is 15.9. The van der Waals surface area contributed by atoms with Crippen molar-refractivity contribution in [2.45, 2.75) is 69.6 Å². The molecule has 13 N–H and O–H groups in total. The second-order valence-electron chi connectivity index (χ2n) is 7.63. The van der Waals surface area contributed by atoms with Gasteiger partial charge in [-0.2, -0.15) is 0 Å². The molecule has 3 amide bonds. The first kappa shape index (κ1) is 30.5. The number of aliphatic carboxylic acids is 2. The topological polar surface area (TPSA) is 278 Å². The molecule has 194 valence electrons. The van der Waals surface area contributed by atoms with Crippen molar-refractivity contribution in [1.82, 2.24) is 16.0 Å². The number of rotatable bonds is 17. The van der Waals surface area contributed by atoms with Gasteiger partial charge in [0, 0.05) is 6.54 Å². The summed E-state index contributed by atoms with van der Waals surface area (Å²) in [5.74, 6) is -5.26. The summed E-state index contributed by atoms with van der Waals surface area (Å²) in [7, 11) is 0. The highest BCUT2D eigenvalue weighted by atomic mass is 16.4. The van der Waals surface area contributed by atoms with Crippen LogP contribution in [-0.4, -0.2) is 83.1 Å². The summed E-state index contributed by atoms with van der Waals surface area (Å²) in [5, 5.41) is 25.2. The van der Waals surface area contributed by atoms with Gasteiger partial charge in [-0.3, -0.25) is 24.2 Å². The first-order valence-electron chi connectivity index (χ1n) is 10.8. The van der Waals surface area contributed by atoms with E-state index in [0.717, 1.165) is 0 Å². The number of guanidine groups is 1. The van der Waals surface area contributed by atoms with E-state index in [4.69, 9.17) is 28.0 Å². The summed E-state index contributed by atoms with van der Waals surface area (Å²) in [4.78, 5) is 63.4. The molecule has 0 spiro atoms. The molecule has 0 heterocycles. The van der Waals surface area contributed by atoms with Crippen molar-refractivity contribution in [2.24, 2.45) is 27.9 Å². The van der Waals surface area contributed by atoms with Crippen LogP contribution in [0, 0.1) is 0 Å². The molecule has 0 aliphatic rings. The Labute approximate surface area is 197 Å². The molecule has 15 nitrogen and oxygen atoms in total. The number of carbonyl (C=O) groups excluding carboxylic acids is 3. The Morgan fingerprint density at radius 3 is 2.00 bits per heavy atom. The maximum atomic E-state index is 12.5. The Morgan fingerprint density at radius 2 is 1.47 bits per heavy atom. The van der Waals surface area contributed by atoms with Gasteiger partial charge in [-0.05, 0) is 45.6 Å². The van der Waals surface area contributed by atoms with Crippen LogP contribution in [-0.2, 0) is 24.0 Å². The predicted molar refractivity (Wildman–Crippen MR) is 122 cm³/mol. The molecule has 0 saturated carbocycles. The number of unbranched alkanes of at least 4 members (excludes halogenated alkanes) is 1. The third-order valence-corrected chi connectivity index (χ3v) is 4.63. The molecule has 34 heavy (non-hydrogen) atoms. The van der Waals surface area contributed by atoms with E-state index in [9.17, 15) is 29.1 Å². The van der Waals surface area contributed by atoms with Gasteiger partial charge < -0.3 is 49.1 Å². The number of carbonyl (C=O) groups is 5. The third kappa shape index (κ3) is 13.2. The maximum absolute atomic E-state index is 12.5. The van der Waals surface area contributed by atoms with Gasteiger partial charge in [0.25, 0.3) is 0 Å². The lowest BCUT2D eigenvalue weighted by Gasteiger charge is -2.23. The molecule has 0 aromatic rings. The van der Waals surface area contributed by atoms with Crippen molar-refractivity contribution >= 4 is 35.6 Å². The molecule has 4 atom stereocenters. The number of carboxylic acid groups (broad SMARTS) is 2.